The van der Waals surface area contributed by atoms with Crippen molar-refractivity contribution < 1.29 is 14.3 Å². The van der Waals surface area contributed by atoms with E-state index in [4.69, 9.17) is 9.47 Å². The van der Waals surface area contributed by atoms with Gasteiger partial charge in [-0.25, -0.2) is 0 Å². The van der Waals surface area contributed by atoms with Crippen molar-refractivity contribution >= 4 is 34.2 Å². The Labute approximate surface area is 168 Å². The molecule has 2 aromatic carbocycles. The number of carbonyl (C=O) groups excluding carboxylic acids is 1. The number of halogens is 1. The Hall–Kier alpha value is -1.80. The summed E-state index contributed by atoms with van der Waals surface area (Å²) in [6.45, 7) is 6.35. The van der Waals surface area contributed by atoms with Crippen molar-refractivity contribution in [3.05, 3.63) is 51.6 Å². The first-order chi connectivity index (χ1) is 12.6. The molecule has 0 atom stereocenters. The van der Waals surface area contributed by atoms with Crippen molar-refractivity contribution in [2.24, 2.45) is 0 Å². The molecule has 140 valence electrons. The highest BCUT2D eigenvalue weighted by Gasteiger charge is 2.13. The zero-order valence-electron chi connectivity index (χ0n) is 15.4. The molecule has 0 heterocycles. The van der Waals surface area contributed by atoms with E-state index in [-0.39, 0.29) is 5.91 Å². The second-order valence-corrected chi connectivity index (χ2v) is 6.91. The van der Waals surface area contributed by atoms with E-state index in [1.807, 2.05) is 56.3 Å². The van der Waals surface area contributed by atoms with Gasteiger partial charge in [-0.3, -0.25) is 9.69 Å². The number of benzene rings is 2. The van der Waals surface area contributed by atoms with Crippen molar-refractivity contribution in [2.75, 3.05) is 32.1 Å². The van der Waals surface area contributed by atoms with Crippen LogP contribution in [0.1, 0.15) is 19.4 Å². The Morgan fingerprint density at radius 2 is 1.92 bits per heavy atom. The Balaban J connectivity index is 2.00. The van der Waals surface area contributed by atoms with Crippen LogP contribution in [0.5, 0.6) is 11.5 Å². The van der Waals surface area contributed by atoms with Crippen molar-refractivity contribution in [3.8, 4) is 11.5 Å². The van der Waals surface area contributed by atoms with Crippen molar-refractivity contribution in [2.45, 2.75) is 20.4 Å². The lowest BCUT2D eigenvalue weighted by Crippen LogP contribution is -2.32. The topological polar surface area (TPSA) is 50.8 Å². The quantitative estimate of drug-likeness (QED) is 0.562. The van der Waals surface area contributed by atoms with Gasteiger partial charge in [0.05, 0.1) is 25.9 Å². The molecule has 2 rings (SSSR count). The molecule has 0 aliphatic carbocycles. The van der Waals surface area contributed by atoms with Crippen molar-refractivity contribution in [1.82, 2.24) is 4.90 Å². The van der Waals surface area contributed by atoms with Crippen LogP contribution in [0.15, 0.2) is 42.5 Å². The number of ether oxygens (including phenoxy) is 2. The number of likely N-dealkylation sites (N-methyl/N-ethyl adjacent to an activating group) is 1. The molecule has 0 saturated carbocycles. The average Bonchev–Trinajstić information content (AvgIpc) is 2.64. The van der Waals surface area contributed by atoms with E-state index in [0.29, 0.717) is 25.4 Å². The van der Waals surface area contributed by atoms with Crippen LogP contribution < -0.4 is 14.8 Å². The van der Waals surface area contributed by atoms with Gasteiger partial charge < -0.3 is 14.8 Å². The van der Waals surface area contributed by atoms with Crippen LogP contribution in [0.3, 0.4) is 0 Å². The van der Waals surface area contributed by atoms with E-state index in [9.17, 15) is 4.79 Å². The van der Waals surface area contributed by atoms with Gasteiger partial charge in [-0.1, -0.05) is 25.1 Å². The van der Waals surface area contributed by atoms with Gasteiger partial charge in [0.2, 0.25) is 5.91 Å². The maximum Gasteiger partial charge on any atom is 0.238 e. The van der Waals surface area contributed by atoms with Crippen LogP contribution in [0.2, 0.25) is 0 Å². The summed E-state index contributed by atoms with van der Waals surface area (Å²) in [5, 5.41) is 2.98. The fourth-order valence-electron chi connectivity index (χ4n) is 2.58. The molecule has 0 spiro atoms. The minimum Gasteiger partial charge on any atom is -0.493 e. The standard InChI is InChI=1S/C20H25IN2O3/c1-4-23(14-20(24)22-17-9-7-6-8-16(17)21)13-15-10-11-18(26-5-2)19(12-15)25-3/h6-12H,4-5,13-14H2,1-3H3,(H,22,24). The summed E-state index contributed by atoms with van der Waals surface area (Å²) in [4.78, 5) is 14.5. The SMILES string of the molecule is CCOc1ccc(CN(CC)CC(=O)Nc2ccccc2I)cc1OC. The molecule has 0 fully saturated rings. The summed E-state index contributed by atoms with van der Waals surface area (Å²) < 4.78 is 12.0. The van der Waals surface area contributed by atoms with Gasteiger partial charge in [0.1, 0.15) is 0 Å². The first kappa shape index (κ1) is 20.5. The van der Waals surface area contributed by atoms with Crippen LogP contribution in [-0.4, -0.2) is 37.6 Å². The molecule has 0 aliphatic heterocycles. The van der Waals surface area contributed by atoms with Gasteiger partial charge >= 0.3 is 0 Å². The third-order valence-corrected chi connectivity index (χ3v) is 4.84. The average molecular weight is 468 g/mol. The fourth-order valence-corrected chi connectivity index (χ4v) is 3.10. The van der Waals surface area contributed by atoms with Gasteiger partial charge in [0.25, 0.3) is 0 Å². The molecule has 6 heteroatoms. The molecule has 0 bridgehead atoms. The van der Waals surface area contributed by atoms with Gasteiger partial charge in [0, 0.05) is 10.1 Å². The molecule has 26 heavy (non-hydrogen) atoms. The van der Waals surface area contributed by atoms with Gasteiger partial charge in [0.15, 0.2) is 11.5 Å². The zero-order valence-corrected chi connectivity index (χ0v) is 17.6. The van der Waals surface area contributed by atoms with Crippen LogP contribution in [-0.2, 0) is 11.3 Å². The van der Waals surface area contributed by atoms with E-state index in [1.54, 1.807) is 7.11 Å². The highest BCUT2D eigenvalue weighted by molar-refractivity contribution is 14.1. The molecule has 5 nitrogen and oxygen atoms in total. The van der Waals surface area contributed by atoms with E-state index in [1.165, 1.54) is 0 Å². The van der Waals surface area contributed by atoms with Crippen LogP contribution in [0, 0.1) is 3.57 Å². The summed E-state index contributed by atoms with van der Waals surface area (Å²) in [7, 11) is 1.63. The van der Waals surface area contributed by atoms with E-state index >= 15 is 0 Å². The number of carbonyl (C=O) groups is 1. The number of methoxy groups -OCH3 is 1. The van der Waals surface area contributed by atoms with Crippen LogP contribution in [0.25, 0.3) is 0 Å². The maximum atomic E-state index is 12.4. The minimum absolute atomic E-state index is 0.0196. The maximum absolute atomic E-state index is 12.4. The zero-order chi connectivity index (χ0) is 18.9. The van der Waals surface area contributed by atoms with Gasteiger partial charge in [-0.15, -0.1) is 0 Å². The molecule has 1 N–H and O–H groups in total. The largest absolute Gasteiger partial charge is 0.493 e. The van der Waals surface area contributed by atoms with Crippen LogP contribution >= 0.6 is 22.6 Å². The third-order valence-electron chi connectivity index (χ3n) is 3.90. The number of anilines is 1. The lowest BCUT2D eigenvalue weighted by molar-refractivity contribution is -0.117. The Morgan fingerprint density at radius 1 is 1.15 bits per heavy atom. The molecule has 0 radical (unpaired) electrons. The predicted octanol–water partition coefficient (Wildman–Crippen LogP) is 4.16. The Kier molecular flexibility index (Phi) is 8.18. The molecule has 0 aliphatic rings. The molecular formula is C20H25IN2O3. The Bertz CT molecular complexity index is 737. The molecule has 0 unspecified atom stereocenters. The van der Waals surface area contributed by atoms with Gasteiger partial charge in [-0.05, 0) is 65.9 Å². The second kappa shape index (κ2) is 10.4. The number of para-hydroxylation sites is 1. The number of amides is 1. The normalized spacial score (nSPS) is 10.7. The molecule has 2 aromatic rings. The molecular weight excluding hydrogens is 443 g/mol. The monoisotopic (exact) mass is 468 g/mol. The fraction of sp³-hybridized carbons (Fsp3) is 0.350. The summed E-state index contributed by atoms with van der Waals surface area (Å²) >= 11 is 2.22. The number of hydrogen-bond acceptors (Lipinski definition) is 4. The van der Waals surface area contributed by atoms with Crippen molar-refractivity contribution in [3.63, 3.8) is 0 Å². The van der Waals surface area contributed by atoms with E-state index in [2.05, 4.69) is 32.8 Å². The van der Waals surface area contributed by atoms with E-state index < -0.39 is 0 Å². The minimum atomic E-state index is -0.0196. The summed E-state index contributed by atoms with van der Waals surface area (Å²) in [6.07, 6.45) is 0. The smallest absolute Gasteiger partial charge is 0.238 e. The van der Waals surface area contributed by atoms with Crippen LogP contribution in [0.4, 0.5) is 5.69 Å². The molecule has 0 aromatic heterocycles. The summed E-state index contributed by atoms with van der Waals surface area (Å²) in [6, 6.07) is 13.6. The highest BCUT2D eigenvalue weighted by atomic mass is 127. The lowest BCUT2D eigenvalue weighted by Gasteiger charge is -2.21. The lowest BCUT2D eigenvalue weighted by atomic mass is 10.2. The first-order valence-electron chi connectivity index (χ1n) is 8.63. The highest BCUT2D eigenvalue weighted by Crippen LogP contribution is 2.28. The Morgan fingerprint density at radius 3 is 2.58 bits per heavy atom. The number of nitrogens with zero attached hydrogens (tertiary/aromatic N) is 1. The van der Waals surface area contributed by atoms with Gasteiger partial charge in [-0.2, -0.15) is 0 Å². The third kappa shape index (κ3) is 5.88. The number of nitrogens with one attached hydrogen (secondary N) is 1. The predicted molar refractivity (Wildman–Crippen MR) is 113 cm³/mol. The second-order valence-electron chi connectivity index (χ2n) is 5.75. The number of rotatable bonds is 9. The van der Waals surface area contributed by atoms with Crippen molar-refractivity contribution in [1.29, 1.82) is 0 Å². The van der Waals surface area contributed by atoms with E-state index in [0.717, 1.165) is 27.1 Å². The molecule has 1 amide bonds. The molecule has 0 saturated heterocycles. The summed E-state index contributed by atoms with van der Waals surface area (Å²) in [5.41, 5.74) is 1.92. The summed E-state index contributed by atoms with van der Waals surface area (Å²) in [5.74, 6) is 1.43. The first-order valence-corrected chi connectivity index (χ1v) is 9.71. The number of hydrogen-bond donors (Lipinski definition) is 1.